The van der Waals surface area contributed by atoms with Crippen LogP contribution in [-0.4, -0.2) is 21.6 Å². The van der Waals surface area contributed by atoms with Crippen molar-refractivity contribution >= 4 is 44.0 Å². The minimum absolute atomic E-state index is 0.305. The molecule has 60 heavy (non-hydrogen) atoms. The summed E-state index contributed by atoms with van der Waals surface area (Å²) in [6.07, 6.45) is -0.305. The third kappa shape index (κ3) is 6.68. The fraction of sp³-hybridized carbons (Fsp3) is 0.0182. The average Bonchev–Trinajstić information content (AvgIpc) is 3.34. The van der Waals surface area contributed by atoms with Crippen LogP contribution in [0.5, 0.6) is 0 Å². The van der Waals surface area contributed by atoms with E-state index in [4.69, 9.17) is 20.0 Å². The molecule has 0 amide bonds. The van der Waals surface area contributed by atoms with E-state index in [-0.39, 0.29) is 6.17 Å². The Morgan fingerprint density at radius 3 is 1.65 bits per heavy atom. The Balaban J connectivity index is 1.03. The molecule has 0 fully saturated rings. The first-order valence-corrected chi connectivity index (χ1v) is 20.2. The molecule has 1 unspecified atom stereocenters. The molecule has 2 heterocycles. The van der Waals surface area contributed by atoms with Gasteiger partial charge in [0.2, 0.25) is 0 Å². The van der Waals surface area contributed by atoms with Gasteiger partial charge in [-0.05, 0) is 73.3 Å². The second-order valence-corrected chi connectivity index (χ2v) is 15.1. The van der Waals surface area contributed by atoms with Gasteiger partial charge < -0.3 is 5.32 Å². The number of aromatic nitrogens is 2. The van der Waals surface area contributed by atoms with Gasteiger partial charge in [0.15, 0.2) is 11.7 Å². The molecule has 5 nitrogen and oxygen atoms in total. The molecule has 1 atom stereocenters. The van der Waals surface area contributed by atoms with Crippen LogP contribution in [0.25, 0.3) is 77.3 Å². The van der Waals surface area contributed by atoms with Gasteiger partial charge in [-0.2, -0.15) is 0 Å². The van der Waals surface area contributed by atoms with Gasteiger partial charge >= 0.3 is 0 Å². The molecule has 0 radical (unpaired) electrons. The lowest BCUT2D eigenvalue weighted by atomic mass is 9.94. The predicted molar refractivity (Wildman–Crippen MR) is 248 cm³/mol. The number of nitrogens with one attached hydrogen (secondary N) is 1. The summed E-state index contributed by atoms with van der Waals surface area (Å²) in [5, 5.41) is 10.8. The van der Waals surface area contributed by atoms with Gasteiger partial charge in [0.25, 0.3) is 0 Å². The van der Waals surface area contributed by atoms with Gasteiger partial charge in [-0.3, -0.25) is 0 Å². The highest BCUT2D eigenvalue weighted by Gasteiger charge is 2.23. The van der Waals surface area contributed by atoms with Crippen molar-refractivity contribution in [2.75, 3.05) is 0 Å². The molecule has 9 aromatic carbocycles. The predicted octanol–water partition coefficient (Wildman–Crippen LogP) is 13.1. The van der Waals surface area contributed by atoms with E-state index in [0.717, 1.165) is 72.5 Å². The lowest BCUT2D eigenvalue weighted by Crippen LogP contribution is -2.33. The van der Waals surface area contributed by atoms with Crippen LogP contribution < -0.4 is 5.32 Å². The number of hydrogen-bond donors (Lipinski definition) is 1. The Hall–Kier alpha value is -8.02. The van der Waals surface area contributed by atoms with E-state index >= 15 is 0 Å². The molecule has 0 aliphatic carbocycles. The number of aliphatic imine (C=N–C) groups is 2. The van der Waals surface area contributed by atoms with Crippen molar-refractivity contribution in [2.24, 2.45) is 9.98 Å². The lowest BCUT2D eigenvalue weighted by molar-refractivity contribution is 0.674. The molecule has 0 saturated heterocycles. The molecular formula is C55H37N5. The zero-order valence-corrected chi connectivity index (χ0v) is 32.6. The Kier molecular flexibility index (Phi) is 8.82. The Labute approximate surface area is 348 Å². The number of benzene rings is 9. The van der Waals surface area contributed by atoms with Crippen LogP contribution in [0.2, 0.25) is 0 Å². The van der Waals surface area contributed by atoms with Crippen LogP contribution in [0.15, 0.2) is 222 Å². The minimum Gasteiger partial charge on any atom is -0.344 e. The van der Waals surface area contributed by atoms with Gasteiger partial charge in [0.05, 0.1) is 11.4 Å². The summed E-state index contributed by atoms with van der Waals surface area (Å²) >= 11 is 0. The van der Waals surface area contributed by atoms with Crippen molar-refractivity contribution in [3.8, 4) is 45.0 Å². The van der Waals surface area contributed by atoms with Crippen LogP contribution in [0.4, 0.5) is 0 Å². The molecule has 0 saturated carbocycles. The first kappa shape index (κ1) is 35.2. The van der Waals surface area contributed by atoms with Gasteiger partial charge in [-0.15, -0.1) is 0 Å². The van der Waals surface area contributed by atoms with Crippen molar-refractivity contribution in [3.05, 3.63) is 229 Å². The van der Waals surface area contributed by atoms with Crippen LogP contribution in [0, 0.1) is 0 Å². The van der Waals surface area contributed by atoms with E-state index in [1.54, 1.807) is 0 Å². The maximum atomic E-state index is 5.26. The zero-order valence-electron chi connectivity index (χ0n) is 32.6. The van der Waals surface area contributed by atoms with E-state index in [1.807, 2.05) is 30.3 Å². The van der Waals surface area contributed by atoms with Gasteiger partial charge in [-0.1, -0.05) is 188 Å². The van der Waals surface area contributed by atoms with Crippen LogP contribution in [0.3, 0.4) is 0 Å². The van der Waals surface area contributed by atoms with Crippen LogP contribution >= 0.6 is 0 Å². The van der Waals surface area contributed by atoms with E-state index in [9.17, 15) is 0 Å². The molecule has 5 heteroatoms. The summed E-state index contributed by atoms with van der Waals surface area (Å²) in [5.74, 6) is 2.13. The highest BCUT2D eigenvalue weighted by molar-refractivity contribution is 6.16. The third-order valence-electron chi connectivity index (χ3n) is 11.3. The second-order valence-electron chi connectivity index (χ2n) is 15.1. The minimum atomic E-state index is -0.305. The zero-order chi connectivity index (χ0) is 39.8. The summed E-state index contributed by atoms with van der Waals surface area (Å²) in [6, 6.07) is 74.2. The second kappa shape index (κ2) is 15.1. The van der Waals surface area contributed by atoms with Gasteiger partial charge in [-0.25, -0.2) is 20.0 Å². The summed E-state index contributed by atoms with van der Waals surface area (Å²) in [6.45, 7) is 0. The Morgan fingerprint density at radius 2 is 0.917 bits per heavy atom. The molecular weight excluding hydrogens is 731 g/mol. The van der Waals surface area contributed by atoms with Crippen LogP contribution in [-0.2, 0) is 0 Å². The van der Waals surface area contributed by atoms with Crippen molar-refractivity contribution in [2.45, 2.75) is 6.17 Å². The van der Waals surface area contributed by atoms with Crippen molar-refractivity contribution in [1.82, 2.24) is 15.3 Å². The number of rotatable bonds is 7. The summed E-state index contributed by atoms with van der Waals surface area (Å²) in [4.78, 5) is 20.8. The molecule has 282 valence electrons. The molecule has 0 bridgehead atoms. The quantitative estimate of drug-likeness (QED) is 0.164. The smallest absolute Gasteiger partial charge is 0.160 e. The molecule has 1 aliphatic rings. The monoisotopic (exact) mass is 767 g/mol. The maximum Gasteiger partial charge on any atom is 0.160 e. The molecule has 11 rings (SSSR count). The highest BCUT2D eigenvalue weighted by atomic mass is 15.2. The summed E-state index contributed by atoms with van der Waals surface area (Å²) < 4.78 is 0. The topological polar surface area (TPSA) is 62.5 Å². The fourth-order valence-corrected chi connectivity index (χ4v) is 8.23. The standard InChI is InChI=1S/C55H37N5/c1-4-15-38(16-5-1)50-35-51(45-30-31-47-44(32-45)29-26-36-14-12-13-23-46(36)47)57-52(56-50)41-27-24-37(25-28-41)48-33-42-21-10-11-22-43(42)34-49(48)55-59-53(39-17-6-2-7-18-39)58-54(60-55)40-19-8-3-9-20-40/h1-35,53H,(H,58,59,60). The van der Waals surface area contributed by atoms with Gasteiger partial charge in [0, 0.05) is 27.8 Å². The fourth-order valence-electron chi connectivity index (χ4n) is 8.23. The number of hydrogen-bond acceptors (Lipinski definition) is 5. The van der Waals surface area contributed by atoms with E-state index < -0.39 is 0 Å². The summed E-state index contributed by atoms with van der Waals surface area (Å²) in [7, 11) is 0. The summed E-state index contributed by atoms with van der Waals surface area (Å²) in [5.41, 5.74) is 9.90. The number of nitrogens with zero attached hydrogens (tertiary/aromatic N) is 4. The number of amidine groups is 2. The number of fused-ring (bicyclic) bond motifs is 4. The lowest BCUT2D eigenvalue weighted by Gasteiger charge is -2.24. The Bertz CT molecular complexity index is 3270. The largest absolute Gasteiger partial charge is 0.344 e. The van der Waals surface area contributed by atoms with E-state index in [1.165, 1.54) is 21.5 Å². The maximum absolute atomic E-state index is 5.26. The Morgan fingerprint density at radius 1 is 0.367 bits per heavy atom. The van der Waals surface area contributed by atoms with Crippen LogP contribution in [0.1, 0.15) is 22.9 Å². The molecule has 1 aromatic heterocycles. The van der Waals surface area contributed by atoms with Crippen molar-refractivity contribution < 1.29 is 0 Å². The SMILES string of the molecule is c1ccc(C2=NC(c3cc4ccccc4cc3-c3ccc(-c4nc(-c5ccccc5)cc(-c5ccc6c(ccc7ccccc76)c5)n4)cc3)=NC(c3ccccc3)N2)cc1. The van der Waals surface area contributed by atoms with Crippen molar-refractivity contribution in [3.63, 3.8) is 0 Å². The molecule has 10 aromatic rings. The molecule has 1 N–H and O–H groups in total. The highest BCUT2D eigenvalue weighted by Crippen LogP contribution is 2.35. The average molecular weight is 768 g/mol. The first-order valence-electron chi connectivity index (χ1n) is 20.2. The van der Waals surface area contributed by atoms with Gasteiger partial charge in [0.1, 0.15) is 12.0 Å². The molecule has 1 aliphatic heterocycles. The first-order chi connectivity index (χ1) is 29.7. The normalized spacial score (nSPS) is 13.8. The van der Waals surface area contributed by atoms with Crippen molar-refractivity contribution in [1.29, 1.82) is 0 Å². The van der Waals surface area contributed by atoms with E-state index in [2.05, 4.69) is 187 Å². The van der Waals surface area contributed by atoms with E-state index in [0.29, 0.717) is 11.7 Å². The molecule has 0 spiro atoms. The third-order valence-corrected chi connectivity index (χ3v) is 11.3.